The lowest BCUT2D eigenvalue weighted by Gasteiger charge is -2.14. The first-order valence-corrected chi connectivity index (χ1v) is 10.7. The average molecular weight is 558 g/mol. The number of nitrogens with zero attached hydrogens (tertiary/aromatic N) is 2. The van der Waals surface area contributed by atoms with E-state index in [1.165, 1.54) is 0 Å². The first kappa shape index (κ1) is 26.2. The number of halogens is 1. The molecule has 3 aromatic carbocycles. The summed E-state index contributed by atoms with van der Waals surface area (Å²) in [5.41, 5.74) is 2.74. The fraction of sp³-hybridized carbons (Fsp3) is 0.231. The Morgan fingerprint density at radius 2 is 1.58 bits per heavy atom. The van der Waals surface area contributed by atoms with Gasteiger partial charge in [0.05, 0.1) is 6.54 Å². The standard InChI is InChI=1S/C26H30N4O2.HI/c1-4-27-26(28-18-20-14-16-21(17-15-20)25(31)30(2)3)29-19-22-10-8-9-13-24(22)32-23-11-6-5-7-12-23;/h5-17H,4,18-19H2,1-3H3,(H2,27,28,29);1H. The number of para-hydroxylation sites is 2. The Morgan fingerprint density at radius 3 is 2.24 bits per heavy atom. The molecule has 0 saturated heterocycles. The summed E-state index contributed by atoms with van der Waals surface area (Å²) in [5.74, 6) is 2.32. The summed E-state index contributed by atoms with van der Waals surface area (Å²) < 4.78 is 6.05. The van der Waals surface area contributed by atoms with Crippen molar-refractivity contribution < 1.29 is 9.53 Å². The molecule has 1 amide bonds. The van der Waals surface area contributed by atoms with Gasteiger partial charge in [-0.3, -0.25) is 4.79 Å². The van der Waals surface area contributed by atoms with Crippen LogP contribution < -0.4 is 15.4 Å². The summed E-state index contributed by atoms with van der Waals surface area (Å²) in [4.78, 5) is 18.3. The molecule has 2 N–H and O–H groups in total. The molecule has 0 aromatic heterocycles. The van der Waals surface area contributed by atoms with Gasteiger partial charge in [-0.05, 0) is 42.8 Å². The minimum absolute atomic E-state index is 0. The molecule has 33 heavy (non-hydrogen) atoms. The van der Waals surface area contributed by atoms with Crippen molar-refractivity contribution >= 4 is 35.8 Å². The van der Waals surface area contributed by atoms with Gasteiger partial charge in [0.1, 0.15) is 11.5 Å². The molecule has 3 aromatic rings. The Labute approximate surface area is 213 Å². The van der Waals surface area contributed by atoms with E-state index in [4.69, 9.17) is 4.74 Å². The van der Waals surface area contributed by atoms with Crippen LogP contribution in [0.25, 0.3) is 0 Å². The van der Waals surface area contributed by atoms with Crippen LogP contribution >= 0.6 is 24.0 Å². The zero-order chi connectivity index (χ0) is 22.8. The summed E-state index contributed by atoms with van der Waals surface area (Å²) in [6.07, 6.45) is 0. The molecule has 0 saturated carbocycles. The number of aliphatic imine (C=N–C) groups is 1. The van der Waals surface area contributed by atoms with E-state index >= 15 is 0 Å². The predicted octanol–water partition coefficient (Wildman–Crippen LogP) is 5.05. The molecule has 0 atom stereocenters. The van der Waals surface area contributed by atoms with Crippen LogP contribution in [0.15, 0.2) is 83.9 Å². The minimum atomic E-state index is -0.00792. The van der Waals surface area contributed by atoms with Crippen LogP contribution in [0.2, 0.25) is 0 Å². The summed E-state index contributed by atoms with van der Waals surface area (Å²) in [5, 5.41) is 6.65. The third-order valence-electron chi connectivity index (χ3n) is 4.76. The average Bonchev–Trinajstić information content (AvgIpc) is 2.82. The van der Waals surface area contributed by atoms with Crippen LogP contribution in [0.4, 0.5) is 0 Å². The van der Waals surface area contributed by atoms with E-state index in [1.807, 2.05) is 85.8 Å². The van der Waals surface area contributed by atoms with E-state index in [9.17, 15) is 4.79 Å². The number of carbonyl (C=O) groups excluding carboxylic acids is 1. The van der Waals surface area contributed by atoms with Crippen LogP contribution in [0.3, 0.4) is 0 Å². The number of rotatable bonds is 8. The lowest BCUT2D eigenvalue weighted by molar-refractivity contribution is 0.0827. The number of benzene rings is 3. The third-order valence-corrected chi connectivity index (χ3v) is 4.76. The highest BCUT2D eigenvalue weighted by atomic mass is 127. The number of hydrogen-bond acceptors (Lipinski definition) is 3. The van der Waals surface area contributed by atoms with Gasteiger partial charge in [0.25, 0.3) is 5.91 Å². The van der Waals surface area contributed by atoms with Crippen molar-refractivity contribution in [2.75, 3.05) is 20.6 Å². The molecular formula is C26H31IN4O2. The number of ether oxygens (including phenoxy) is 1. The quantitative estimate of drug-likeness (QED) is 0.231. The number of amides is 1. The van der Waals surface area contributed by atoms with Crippen molar-refractivity contribution in [2.45, 2.75) is 20.0 Å². The molecule has 0 radical (unpaired) electrons. The number of carbonyl (C=O) groups is 1. The summed E-state index contributed by atoms with van der Waals surface area (Å²) in [6, 6.07) is 25.3. The monoisotopic (exact) mass is 558 g/mol. The van der Waals surface area contributed by atoms with Gasteiger partial charge in [-0.1, -0.05) is 48.5 Å². The van der Waals surface area contributed by atoms with Gasteiger partial charge in [-0.25, -0.2) is 4.99 Å². The second kappa shape index (κ2) is 13.5. The highest BCUT2D eigenvalue weighted by Gasteiger charge is 2.08. The van der Waals surface area contributed by atoms with Crippen LogP contribution in [0, 0.1) is 0 Å². The Bertz CT molecular complexity index is 1040. The van der Waals surface area contributed by atoms with Gasteiger partial charge in [-0.2, -0.15) is 0 Å². The van der Waals surface area contributed by atoms with E-state index in [-0.39, 0.29) is 29.9 Å². The maximum Gasteiger partial charge on any atom is 0.253 e. The Morgan fingerprint density at radius 1 is 0.909 bits per heavy atom. The zero-order valence-electron chi connectivity index (χ0n) is 19.2. The molecule has 174 valence electrons. The molecule has 0 aliphatic heterocycles. The van der Waals surface area contributed by atoms with Crippen molar-refractivity contribution in [3.63, 3.8) is 0 Å². The largest absolute Gasteiger partial charge is 0.457 e. The zero-order valence-corrected chi connectivity index (χ0v) is 21.6. The van der Waals surface area contributed by atoms with Crippen molar-refractivity contribution in [3.05, 3.63) is 95.6 Å². The van der Waals surface area contributed by atoms with Gasteiger partial charge in [0.2, 0.25) is 0 Å². The molecule has 0 unspecified atom stereocenters. The van der Waals surface area contributed by atoms with Crippen molar-refractivity contribution in [2.24, 2.45) is 4.99 Å². The van der Waals surface area contributed by atoms with Crippen molar-refractivity contribution in [3.8, 4) is 11.5 Å². The van der Waals surface area contributed by atoms with Crippen LogP contribution in [-0.4, -0.2) is 37.4 Å². The van der Waals surface area contributed by atoms with Gasteiger partial charge < -0.3 is 20.3 Å². The van der Waals surface area contributed by atoms with Gasteiger partial charge >= 0.3 is 0 Å². The maximum atomic E-state index is 12.0. The second-order valence-electron chi connectivity index (χ2n) is 7.47. The van der Waals surface area contributed by atoms with E-state index in [1.54, 1.807) is 19.0 Å². The minimum Gasteiger partial charge on any atom is -0.457 e. The lowest BCUT2D eigenvalue weighted by Crippen LogP contribution is -2.36. The number of hydrogen-bond donors (Lipinski definition) is 2. The van der Waals surface area contributed by atoms with Crippen LogP contribution in [0.1, 0.15) is 28.4 Å². The normalized spacial score (nSPS) is 10.7. The summed E-state index contributed by atoms with van der Waals surface area (Å²) in [6.45, 7) is 3.87. The molecule has 0 bridgehead atoms. The Hall–Kier alpha value is -3.07. The molecule has 0 fully saturated rings. The van der Waals surface area contributed by atoms with Crippen molar-refractivity contribution in [1.82, 2.24) is 15.5 Å². The fourth-order valence-electron chi connectivity index (χ4n) is 3.07. The molecular weight excluding hydrogens is 527 g/mol. The lowest BCUT2D eigenvalue weighted by atomic mass is 10.1. The van der Waals surface area contributed by atoms with Gasteiger partial charge in [0.15, 0.2) is 5.96 Å². The second-order valence-corrected chi connectivity index (χ2v) is 7.47. The summed E-state index contributed by atoms with van der Waals surface area (Å²) in [7, 11) is 3.50. The molecule has 0 aliphatic carbocycles. The van der Waals surface area contributed by atoms with Crippen LogP contribution in [-0.2, 0) is 13.1 Å². The van der Waals surface area contributed by atoms with Crippen molar-refractivity contribution in [1.29, 1.82) is 0 Å². The predicted molar refractivity (Wildman–Crippen MR) is 144 cm³/mol. The van der Waals surface area contributed by atoms with E-state index in [0.29, 0.717) is 18.7 Å². The first-order valence-electron chi connectivity index (χ1n) is 10.7. The number of nitrogens with one attached hydrogen (secondary N) is 2. The van der Waals surface area contributed by atoms with E-state index in [2.05, 4.69) is 15.6 Å². The highest BCUT2D eigenvalue weighted by molar-refractivity contribution is 14.0. The van der Waals surface area contributed by atoms with E-state index < -0.39 is 0 Å². The Kier molecular flexibility index (Phi) is 10.7. The molecule has 3 rings (SSSR count). The summed E-state index contributed by atoms with van der Waals surface area (Å²) >= 11 is 0. The van der Waals surface area contributed by atoms with Crippen LogP contribution in [0.5, 0.6) is 11.5 Å². The topological polar surface area (TPSA) is 66.0 Å². The maximum absolute atomic E-state index is 12.0. The third kappa shape index (κ3) is 8.09. The molecule has 6 nitrogen and oxygen atoms in total. The fourth-order valence-corrected chi connectivity index (χ4v) is 3.07. The highest BCUT2D eigenvalue weighted by Crippen LogP contribution is 2.24. The first-order chi connectivity index (χ1) is 15.6. The molecule has 7 heteroatoms. The van der Waals surface area contributed by atoms with Gasteiger partial charge in [0, 0.05) is 38.3 Å². The number of guanidine groups is 1. The Balaban J connectivity index is 0.00000385. The molecule has 0 aliphatic rings. The van der Waals surface area contributed by atoms with Gasteiger partial charge in [-0.15, -0.1) is 24.0 Å². The smallest absolute Gasteiger partial charge is 0.253 e. The van der Waals surface area contributed by atoms with E-state index in [0.717, 1.165) is 35.1 Å². The SMILES string of the molecule is CCNC(=NCc1ccc(C(=O)N(C)C)cc1)NCc1ccccc1Oc1ccccc1.I. The molecule has 0 heterocycles. The molecule has 0 spiro atoms.